The van der Waals surface area contributed by atoms with Gasteiger partial charge >= 0.3 is 0 Å². The lowest BCUT2D eigenvalue weighted by atomic mass is 9.89. The highest BCUT2D eigenvalue weighted by atomic mass is 79.9. The number of hydrogen-bond acceptors (Lipinski definition) is 1. The third-order valence-electron chi connectivity index (χ3n) is 3.81. The van der Waals surface area contributed by atoms with Gasteiger partial charge < -0.3 is 5.32 Å². The fraction of sp³-hybridized carbons (Fsp3) is 0.625. The highest BCUT2D eigenvalue weighted by molar-refractivity contribution is 9.10. The molecule has 108 valence electrons. The van der Waals surface area contributed by atoms with Crippen LogP contribution in [0.2, 0.25) is 0 Å². The van der Waals surface area contributed by atoms with Gasteiger partial charge in [0.1, 0.15) is 5.82 Å². The Labute approximate surface area is 125 Å². The maximum absolute atomic E-state index is 14.0. The first-order valence-corrected chi connectivity index (χ1v) is 8.04. The van der Waals surface area contributed by atoms with Crippen molar-refractivity contribution in [3.05, 3.63) is 34.1 Å². The molecule has 1 N–H and O–H groups in total. The molecule has 3 heteroatoms. The van der Waals surface area contributed by atoms with E-state index in [1.54, 1.807) is 6.07 Å². The first-order chi connectivity index (χ1) is 9.13. The lowest BCUT2D eigenvalue weighted by molar-refractivity contribution is 0.358. The lowest BCUT2D eigenvalue weighted by Gasteiger charge is -2.24. The van der Waals surface area contributed by atoms with Crippen molar-refractivity contribution in [2.75, 3.05) is 7.05 Å². The van der Waals surface area contributed by atoms with Gasteiger partial charge in [0.2, 0.25) is 0 Å². The summed E-state index contributed by atoms with van der Waals surface area (Å²) in [6, 6.07) is 5.27. The molecule has 0 radical (unpaired) electrons. The van der Waals surface area contributed by atoms with Gasteiger partial charge in [-0.25, -0.2) is 4.39 Å². The molecular formula is C16H25BrFN. The summed E-state index contributed by atoms with van der Waals surface area (Å²) in [4.78, 5) is 0. The normalized spacial score (nSPS) is 14.4. The molecule has 0 bridgehead atoms. The largest absolute Gasteiger partial charge is 0.313 e. The highest BCUT2D eigenvalue weighted by Crippen LogP contribution is 2.32. The molecular weight excluding hydrogens is 305 g/mol. The quantitative estimate of drug-likeness (QED) is 0.668. The van der Waals surface area contributed by atoms with Gasteiger partial charge in [0.25, 0.3) is 0 Å². The van der Waals surface area contributed by atoms with E-state index in [1.807, 2.05) is 13.1 Å². The number of benzene rings is 1. The Bertz CT molecular complexity index is 361. The molecule has 0 aromatic heterocycles. The van der Waals surface area contributed by atoms with Crippen LogP contribution < -0.4 is 5.32 Å². The fourth-order valence-corrected chi connectivity index (χ4v) is 3.16. The monoisotopic (exact) mass is 329 g/mol. The average molecular weight is 330 g/mol. The van der Waals surface area contributed by atoms with Crippen LogP contribution in [0.4, 0.5) is 4.39 Å². The van der Waals surface area contributed by atoms with E-state index >= 15 is 0 Å². The Morgan fingerprint density at radius 3 is 2.58 bits per heavy atom. The van der Waals surface area contributed by atoms with E-state index in [0.717, 1.165) is 22.9 Å². The number of hydrogen-bond donors (Lipinski definition) is 1. The summed E-state index contributed by atoms with van der Waals surface area (Å²) in [7, 11) is 1.91. The van der Waals surface area contributed by atoms with E-state index in [1.165, 1.54) is 25.3 Å². The van der Waals surface area contributed by atoms with Crippen molar-refractivity contribution in [3.63, 3.8) is 0 Å². The van der Waals surface area contributed by atoms with Crippen molar-refractivity contribution < 1.29 is 4.39 Å². The summed E-state index contributed by atoms with van der Waals surface area (Å²) in [5.74, 6) is 0.531. The van der Waals surface area contributed by atoms with Crippen molar-refractivity contribution in [1.82, 2.24) is 5.32 Å². The molecule has 19 heavy (non-hydrogen) atoms. The van der Waals surface area contributed by atoms with E-state index < -0.39 is 0 Å². The molecule has 1 rings (SSSR count). The number of halogens is 2. The summed E-state index contributed by atoms with van der Waals surface area (Å²) < 4.78 is 14.9. The van der Waals surface area contributed by atoms with Gasteiger partial charge in [-0.1, -0.05) is 61.5 Å². The molecule has 0 aliphatic heterocycles. The van der Waals surface area contributed by atoms with Gasteiger partial charge in [-0.05, 0) is 31.5 Å². The Morgan fingerprint density at radius 2 is 2.05 bits per heavy atom. The second kappa shape index (κ2) is 8.70. The third kappa shape index (κ3) is 4.88. The third-order valence-corrected chi connectivity index (χ3v) is 4.50. The van der Waals surface area contributed by atoms with Gasteiger partial charge in [0.15, 0.2) is 0 Å². The Hall–Kier alpha value is -0.410. The molecule has 0 saturated carbocycles. The zero-order chi connectivity index (χ0) is 14.3. The molecule has 2 atom stereocenters. The average Bonchev–Trinajstić information content (AvgIpc) is 2.41. The van der Waals surface area contributed by atoms with Crippen molar-refractivity contribution >= 4 is 15.9 Å². The molecule has 0 amide bonds. The minimum Gasteiger partial charge on any atom is -0.313 e. The van der Waals surface area contributed by atoms with Crippen LogP contribution in [-0.4, -0.2) is 7.05 Å². The van der Waals surface area contributed by atoms with Crippen LogP contribution in [-0.2, 0) is 0 Å². The first kappa shape index (κ1) is 16.6. The minimum absolute atomic E-state index is 0.0809. The molecule has 2 unspecified atom stereocenters. The van der Waals surface area contributed by atoms with Crippen LogP contribution in [0.25, 0.3) is 0 Å². The summed E-state index contributed by atoms with van der Waals surface area (Å²) in [5.41, 5.74) is 0.764. The first-order valence-electron chi connectivity index (χ1n) is 7.25. The molecule has 0 heterocycles. The van der Waals surface area contributed by atoms with Crippen LogP contribution in [0.3, 0.4) is 0 Å². The predicted molar refractivity (Wildman–Crippen MR) is 83.8 cm³/mol. The molecule has 1 aromatic carbocycles. The maximum Gasteiger partial charge on any atom is 0.129 e. The van der Waals surface area contributed by atoms with Crippen molar-refractivity contribution in [2.45, 2.75) is 52.0 Å². The van der Waals surface area contributed by atoms with Crippen molar-refractivity contribution in [2.24, 2.45) is 5.92 Å². The molecule has 1 nitrogen and oxygen atoms in total. The van der Waals surface area contributed by atoms with Crippen LogP contribution >= 0.6 is 15.9 Å². The van der Waals surface area contributed by atoms with Gasteiger partial charge in [-0.2, -0.15) is 0 Å². The smallest absolute Gasteiger partial charge is 0.129 e. The second-order valence-corrected chi connectivity index (χ2v) is 5.98. The standard InChI is InChI=1S/C16H25BrFN/c1-4-6-8-12(5-2)11-15(19-3)16-13(17)9-7-10-14(16)18/h7,9-10,12,15,19H,4-6,8,11H2,1-3H3. The van der Waals surface area contributed by atoms with Crippen molar-refractivity contribution in [1.29, 1.82) is 0 Å². The predicted octanol–water partition coefficient (Wildman–Crippen LogP) is 5.46. The van der Waals surface area contributed by atoms with E-state index in [0.29, 0.717) is 5.92 Å². The summed E-state index contributed by atoms with van der Waals surface area (Å²) in [5, 5.41) is 3.27. The van der Waals surface area contributed by atoms with E-state index in [9.17, 15) is 4.39 Å². The Kier molecular flexibility index (Phi) is 7.62. The number of nitrogens with one attached hydrogen (secondary N) is 1. The molecule has 1 aromatic rings. The van der Waals surface area contributed by atoms with Crippen molar-refractivity contribution in [3.8, 4) is 0 Å². The van der Waals surface area contributed by atoms with E-state index in [-0.39, 0.29) is 11.9 Å². The van der Waals surface area contributed by atoms with Crippen LogP contribution in [0.1, 0.15) is 57.6 Å². The molecule has 0 saturated heterocycles. The van der Waals surface area contributed by atoms with Crippen LogP contribution in [0.15, 0.2) is 22.7 Å². The summed E-state index contributed by atoms with van der Waals surface area (Å²) in [6.45, 7) is 4.44. The van der Waals surface area contributed by atoms with Gasteiger partial charge in [-0.15, -0.1) is 0 Å². The molecule has 0 aliphatic rings. The maximum atomic E-state index is 14.0. The van der Waals surface area contributed by atoms with Crippen LogP contribution in [0.5, 0.6) is 0 Å². The zero-order valence-electron chi connectivity index (χ0n) is 12.2. The van der Waals surface area contributed by atoms with Gasteiger partial charge in [-0.3, -0.25) is 0 Å². The second-order valence-electron chi connectivity index (χ2n) is 5.13. The van der Waals surface area contributed by atoms with E-state index in [4.69, 9.17) is 0 Å². The molecule has 0 aliphatic carbocycles. The zero-order valence-corrected chi connectivity index (χ0v) is 13.8. The van der Waals surface area contributed by atoms with Crippen LogP contribution in [0, 0.1) is 11.7 Å². The topological polar surface area (TPSA) is 12.0 Å². The lowest BCUT2D eigenvalue weighted by Crippen LogP contribution is -2.21. The SMILES string of the molecule is CCCCC(CC)CC(NC)c1c(F)cccc1Br. The number of rotatable bonds is 8. The fourth-order valence-electron chi connectivity index (χ4n) is 2.54. The summed E-state index contributed by atoms with van der Waals surface area (Å²) >= 11 is 3.47. The molecule has 0 fully saturated rings. The Balaban J connectivity index is 2.82. The van der Waals surface area contributed by atoms with E-state index in [2.05, 4.69) is 35.1 Å². The highest BCUT2D eigenvalue weighted by Gasteiger charge is 2.20. The minimum atomic E-state index is -0.126. The Morgan fingerprint density at radius 1 is 1.32 bits per heavy atom. The van der Waals surface area contributed by atoms with Gasteiger partial charge in [0, 0.05) is 16.1 Å². The number of unbranched alkanes of at least 4 members (excludes halogenated alkanes) is 1. The van der Waals surface area contributed by atoms with Gasteiger partial charge in [0.05, 0.1) is 0 Å². The summed E-state index contributed by atoms with van der Waals surface area (Å²) in [6.07, 6.45) is 5.87. The molecule has 0 spiro atoms.